The molecule has 1 saturated heterocycles. The molecule has 42 heavy (non-hydrogen) atoms. The molecule has 8 nitrogen and oxygen atoms in total. The SMILES string of the molecule is COCC1CC([C@H]([C]2N=NC=[N+]2C)c2cccc(-n3cc4c(C(C)(F)F)cc(CN5CCC[C@H](C)C5)cn4c3=O)c2)C1. The van der Waals surface area contributed by atoms with E-state index in [-0.39, 0.29) is 22.7 Å². The molecular formula is C32H40F2N6O2+. The van der Waals surface area contributed by atoms with Crippen LogP contribution in [0, 0.1) is 23.9 Å². The highest BCUT2D eigenvalue weighted by Gasteiger charge is 2.45. The summed E-state index contributed by atoms with van der Waals surface area (Å²) in [5.41, 5.74) is 2.11. The van der Waals surface area contributed by atoms with Gasteiger partial charge in [-0.05, 0) is 84.4 Å². The first-order valence-corrected chi connectivity index (χ1v) is 14.9. The zero-order chi connectivity index (χ0) is 29.6. The molecule has 0 N–H and O–H groups in total. The third-order valence-corrected chi connectivity index (χ3v) is 9.12. The van der Waals surface area contributed by atoms with Crippen LogP contribution in [0.15, 0.2) is 57.7 Å². The molecule has 1 aliphatic carbocycles. The summed E-state index contributed by atoms with van der Waals surface area (Å²) in [6, 6.07) is 9.39. The summed E-state index contributed by atoms with van der Waals surface area (Å²) < 4.78 is 40.1. The van der Waals surface area contributed by atoms with Gasteiger partial charge in [-0.25, -0.2) is 18.2 Å². The summed E-state index contributed by atoms with van der Waals surface area (Å²) in [7, 11) is 3.67. The number of nitrogens with zero attached hydrogens (tertiary/aromatic N) is 6. The van der Waals surface area contributed by atoms with E-state index >= 15 is 0 Å². The molecule has 1 saturated carbocycles. The van der Waals surface area contributed by atoms with Crippen molar-refractivity contribution in [2.24, 2.45) is 28.0 Å². The molecule has 0 bridgehead atoms. The third kappa shape index (κ3) is 5.58. The standard InChI is InChI=1S/C32H40F2N6O2/c1-21-7-6-10-38(15-21)16-23-13-27(32(2,33)34)28-18-39(31(41)40(28)17-23)26-9-5-8-24(14-26)29(30-36-35-20-37(30)3)25-11-22(12-25)19-42-4/h5,8-9,13-14,17-18,20-22,25,29H,6-7,10-12,15-16,19H2,1-4H3/q+1/t21-,22?,25?,29+/m0/s1. The average Bonchev–Trinajstić information content (AvgIpc) is 3.49. The van der Waals surface area contributed by atoms with Gasteiger partial charge in [0.05, 0.1) is 29.3 Å². The molecule has 0 amide bonds. The van der Waals surface area contributed by atoms with Gasteiger partial charge in [-0.3, -0.25) is 13.9 Å². The molecule has 2 aromatic heterocycles. The zero-order valence-corrected chi connectivity index (χ0v) is 24.8. The summed E-state index contributed by atoms with van der Waals surface area (Å²) in [6.45, 7) is 6.26. The van der Waals surface area contributed by atoms with Crippen LogP contribution in [0.2, 0.25) is 0 Å². The number of benzene rings is 1. The van der Waals surface area contributed by atoms with Gasteiger partial charge >= 0.3 is 18.2 Å². The van der Waals surface area contributed by atoms with Gasteiger partial charge in [-0.1, -0.05) is 19.1 Å². The number of halogens is 2. The number of rotatable bonds is 9. The molecule has 3 aromatic rings. The number of piperidine rings is 1. The molecule has 2 fully saturated rings. The molecule has 2 atom stereocenters. The van der Waals surface area contributed by atoms with Crippen LogP contribution in [0.4, 0.5) is 8.78 Å². The van der Waals surface area contributed by atoms with E-state index in [0.717, 1.165) is 63.2 Å². The summed E-state index contributed by atoms with van der Waals surface area (Å²) in [6.07, 6.45) is 10.2. The van der Waals surface area contributed by atoms with Crippen LogP contribution in [0.1, 0.15) is 62.1 Å². The number of alkyl halides is 2. The number of aromatic nitrogens is 2. The number of likely N-dealkylation sites (N-methyl/N-ethyl adjacent to an activating group) is 1. The lowest BCUT2D eigenvalue weighted by atomic mass is 9.66. The van der Waals surface area contributed by atoms with E-state index < -0.39 is 5.92 Å². The van der Waals surface area contributed by atoms with E-state index in [2.05, 4.69) is 28.1 Å². The summed E-state index contributed by atoms with van der Waals surface area (Å²) in [5, 5.41) is 8.57. The first kappa shape index (κ1) is 28.9. The second-order valence-corrected chi connectivity index (χ2v) is 12.6. The molecule has 6 rings (SSSR count). The Bertz CT molecular complexity index is 1570. The summed E-state index contributed by atoms with van der Waals surface area (Å²) in [5.74, 6) is -1.67. The van der Waals surface area contributed by atoms with Crippen molar-refractivity contribution < 1.29 is 18.1 Å². The maximum absolute atomic E-state index is 15.0. The van der Waals surface area contributed by atoms with E-state index in [0.29, 0.717) is 30.0 Å². The molecule has 1 radical (unpaired) electrons. The number of methoxy groups -OCH3 is 1. The molecular weight excluding hydrogens is 538 g/mol. The van der Waals surface area contributed by atoms with Gasteiger partial charge in [-0.15, -0.1) is 0 Å². The smallest absolute Gasteiger partial charge is 0.337 e. The fourth-order valence-electron chi connectivity index (χ4n) is 7.06. The minimum atomic E-state index is -3.10. The molecule has 10 heteroatoms. The quantitative estimate of drug-likeness (QED) is 0.301. The minimum absolute atomic E-state index is 0.00707. The Morgan fingerprint density at radius 3 is 2.71 bits per heavy atom. The number of azo groups is 1. The molecule has 223 valence electrons. The van der Waals surface area contributed by atoms with Gasteiger partial charge in [0.15, 0.2) is 0 Å². The number of pyridine rings is 1. The lowest BCUT2D eigenvalue weighted by molar-refractivity contribution is -0.480. The van der Waals surface area contributed by atoms with Crippen molar-refractivity contribution in [3.63, 3.8) is 0 Å². The van der Waals surface area contributed by atoms with Crippen molar-refractivity contribution in [3.05, 3.63) is 76.1 Å². The largest absolute Gasteiger partial charge is 0.384 e. The van der Waals surface area contributed by atoms with Crippen molar-refractivity contribution in [2.45, 2.75) is 57.9 Å². The number of likely N-dealkylation sites (tertiary alicyclic amines) is 1. The highest BCUT2D eigenvalue weighted by molar-refractivity contribution is 5.58. The topological polar surface area (TPSA) is 66.6 Å². The minimum Gasteiger partial charge on any atom is -0.384 e. The first-order valence-electron chi connectivity index (χ1n) is 14.9. The Labute approximate surface area is 245 Å². The van der Waals surface area contributed by atoms with Crippen LogP contribution >= 0.6 is 0 Å². The number of hydrogen-bond donors (Lipinski definition) is 0. The second kappa shape index (κ2) is 11.4. The molecule has 1 aromatic carbocycles. The molecule has 0 spiro atoms. The van der Waals surface area contributed by atoms with Gasteiger partial charge in [0.2, 0.25) is 0 Å². The number of imidazole rings is 1. The first-order chi connectivity index (χ1) is 20.1. The van der Waals surface area contributed by atoms with E-state index in [4.69, 9.17) is 4.74 Å². The predicted molar refractivity (Wildman–Crippen MR) is 157 cm³/mol. The Morgan fingerprint density at radius 1 is 1.21 bits per heavy atom. The number of hydrogen-bond acceptors (Lipinski definition) is 5. The van der Waals surface area contributed by atoms with Crippen molar-refractivity contribution >= 4 is 11.9 Å². The molecule has 0 unspecified atom stereocenters. The van der Waals surface area contributed by atoms with E-state index in [1.807, 2.05) is 29.8 Å². The molecule has 4 heterocycles. The van der Waals surface area contributed by atoms with Crippen LogP contribution in [0.3, 0.4) is 0 Å². The Balaban J connectivity index is 1.38. The van der Waals surface area contributed by atoms with Crippen molar-refractivity contribution in [1.29, 1.82) is 0 Å². The lowest BCUT2D eigenvalue weighted by Crippen LogP contribution is -2.35. The Morgan fingerprint density at radius 2 is 2.02 bits per heavy atom. The maximum atomic E-state index is 15.0. The lowest BCUT2D eigenvalue weighted by Gasteiger charge is -2.40. The predicted octanol–water partition coefficient (Wildman–Crippen LogP) is 5.82. The van der Waals surface area contributed by atoms with Crippen molar-refractivity contribution in [3.8, 4) is 5.69 Å². The maximum Gasteiger partial charge on any atom is 0.337 e. The van der Waals surface area contributed by atoms with Crippen LogP contribution in [0.5, 0.6) is 0 Å². The van der Waals surface area contributed by atoms with E-state index in [1.165, 1.54) is 15.4 Å². The van der Waals surface area contributed by atoms with Crippen LogP contribution in [-0.2, 0) is 17.2 Å². The van der Waals surface area contributed by atoms with Crippen LogP contribution in [-0.4, -0.2) is 58.6 Å². The van der Waals surface area contributed by atoms with Crippen LogP contribution < -0.4 is 5.69 Å². The fourth-order valence-corrected chi connectivity index (χ4v) is 7.06. The fraction of sp³-hybridized carbons (Fsp3) is 0.531. The monoisotopic (exact) mass is 578 g/mol. The molecule has 3 aliphatic rings. The van der Waals surface area contributed by atoms with Gasteiger partial charge in [0.25, 0.3) is 5.92 Å². The third-order valence-electron chi connectivity index (χ3n) is 9.12. The molecule has 2 aliphatic heterocycles. The summed E-state index contributed by atoms with van der Waals surface area (Å²) >= 11 is 0. The highest BCUT2D eigenvalue weighted by Crippen LogP contribution is 2.48. The van der Waals surface area contributed by atoms with Gasteiger partial charge < -0.3 is 4.74 Å². The Hall–Kier alpha value is -3.24. The number of ether oxygens (including phenoxy) is 1. The average molecular weight is 579 g/mol. The van der Waals surface area contributed by atoms with Gasteiger partial charge in [0.1, 0.15) is 0 Å². The zero-order valence-electron chi connectivity index (χ0n) is 24.8. The van der Waals surface area contributed by atoms with E-state index in [9.17, 15) is 13.6 Å². The van der Waals surface area contributed by atoms with Crippen LogP contribution in [0.25, 0.3) is 11.2 Å². The number of fused-ring (bicyclic) bond motifs is 1. The summed E-state index contributed by atoms with van der Waals surface area (Å²) in [4.78, 5) is 16.1. The second-order valence-electron chi connectivity index (χ2n) is 12.6. The Kier molecular flexibility index (Phi) is 7.87. The van der Waals surface area contributed by atoms with Gasteiger partial charge in [0, 0.05) is 51.7 Å². The van der Waals surface area contributed by atoms with E-state index in [1.54, 1.807) is 31.9 Å². The highest BCUT2D eigenvalue weighted by atomic mass is 19.3. The van der Waals surface area contributed by atoms with Crippen molar-refractivity contribution in [2.75, 3.05) is 33.9 Å². The van der Waals surface area contributed by atoms with Crippen molar-refractivity contribution in [1.82, 2.24) is 13.9 Å². The van der Waals surface area contributed by atoms with Gasteiger partial charge in [-0.2, -0.15) is 0 Å². The normalized spacial score (nSPS) is 24.2.